The second-order valence-corrected chi connectivity index (χ2v) is 2.79. The monoisotopic (exact) mass is 234 g/mol. The van der Waals surface area contributed by atoms with E-state index in [0.717, 1.165) is 0 Å². The number of rotatable bonds is 11. The van der Waals surface area contributed by atoms with E-state index < -0.39 is 0 Å². The van der Waals surface area contributed by atoms with Crippen molar-refractivity contribution in [2.24, 2.45) is 0 Å². The minimum absolute atomic E-state index is 0.0962. The number of ether oxygens (including phenoxy) is 4. The largest absolute Gasteiger partial charge is 0.469 e. The third-order valence-electron chi connectivity index (χ3n) is 1.61. The van der Waals surface area contributed by atoms with Crippen LogP contribution >= 0.6 is 0 Å². The van der Waals surface area contributed by atoms with Gasteiger partial charge in [-0.1, -0.05) is 0 Å². The molecule has 6 heteroatoms. The van der Waals surface area contributed by atoms with E-state index >= 15 is 0 Å². The van der Waals surface area contributed by atoms with Crippen LogP contribution in [-0.2, 0) is 28.5 Å². The molecule has 0 fully saturated rings. The molecule has 0 saturated heterocycles. The number of carbonyl (C=O) groups excluding carboxylic acids is 2. The smallest absolute Gasteiger partial charge is 0.307 e. The van der Waals surface area contributed by atoms with Gasteiger partial charge in [0.25, 0.3) is 0 Å². The van der Waals surface area contributed by atoms with Gasteiger partial charge in [0.1, 0.15) is 12.9 Å². The number of carbonyl (C=O) groups is 2. The highest BCUT2D eigenvalue weighted by atomic mass is 16.5. The lowest BCUT2D eigenvalue weighted by atomic mass is 10.5. The number of hydrogen-bond donors (Lipinski definition) is 0. The Morgan fingerprint density at radius 1 is 1.00 bits per heavy atom. The first-order valence-electron chi connectivity index (χ1n) is 5.05. The maximum atomic E-state index is 10.7. The third kappa shape index (κ3) is 11.1. The van der Waals surface area contributed by atoms with Crippen molar-refractivity contribution in [2.45, 2.75) is 6.42 Å². The zero-order valence-corrected chi connectivity index (χ0v) is 9.48. The van der Waals surface area contributed by atoms with Gasteiger partial charge in [-0.2, -0.15) is 0 Å². The molecule has 16 heavy (non-hydrogen) atoms. The van der Waals surface area contributed by atoms with Crippen LogP contribution in [0.15, 0.2) is 0 Å². The number of methoxy groups -OCH3 is 1. The minimum Gasteiger partial charge on any atom is -0.469 e. The molecule has 0 heterocycles. The topological polar surface area (TPSA) is 71.1 Å². The van der Waals surface area contributed by atoms with Crippen molar-refractivity contribution < 1.29 is 28.5 Å². The van der Waals surface area contributed by atoms with Crippen LogP contribution in [0.25, 0.3) is 0 Å². The predicted octanol–water partition coefficient (Wildman–Crippen LogP) is -0.202. The zero-order chi connectivity index (χ0) is 12.1. The van der Waals surface area contributed by atoms with Crippen LogP contribution < -0.4 is 0 Å². The molecule has 0 aromatic carbocycles. The van der Waals surface area contributed by atoms with E-state index in [2.05, 4.69) is 4.74 Å². The van der Waals surface area contributed by atoms with Crippen LogP contribution in [-0.4, -0.2) is 59.0 Å². The van der Waals surface area contributed by atoms with Gasteiger partial charge in [-0.3, -0.25) is 4.79 Å². The van der Waals surface area contributed by atoms with Crippen molar-refractivity contribution in [3.8, 4) is 0 Å². The average Bonchev–Trinajstić information content (AvgIpc) is 2.31. The molecule has 0 spiro atoms. The number of esters is 1. The highest BCUT2D eigenvalue weighted by Gasteiger charge is 1.98. The minimum atomic E-state index is -0.289. The Morgan fingerprint density at radius 3 is 2.12 bits per heavy atom. The summed E-state index contributed by atoms with van der Waals surface area (Å²) in [6.45, 7) is 2.10. The molecular formula is C10H18O6. The fourth-order valence-corrected chi connectivity index (χ4v) is 0.829. The Labute approximate surface area is 94.8 Å². The van der Waals surface area contributed by atoms with Crippen LogP contribution in [0.5, 0.6) is 0 Å². The van der Waals surface area contributed by atoms with Crippen LogP contribution in [0.1, 0.15) is 6.42 Å². The first kappa shape index (κ1) is 15.0. The lowest BCUT2D eigenvalue weighted by Gasteiger charge is -2.05. The first-order valence-corrected chi connectivity index (χ1v) is 5.05. The first-order chi connectivity index (χ1) is 7.81. The van der Waals surface area contributed by atoms with Gasteiger partial charge in [-0.05, 0) is 0 Å². The van der Waals surface area contributed by atoms with Gasteiger partial charge in [0.05, 0.1) is 46.6 Å². The Balaban J connectivity index is 2.98. The van der Waals surface area contributed by atoms with Crippen molar-refractivity contribution in [2.75, 3.05) is 46.8 Å². The van der Waals surface area contributed by atoms with E-state index in [4.69, 9.17) is 14.2 Å². The summed E-state index contributed by atoms with van der Waals surface area (Å²) in [5, 5.41) is 0. The molecule has 0 rings (SSSR count). The summed E-state index contributed by atoms with van der Waals surface area (Å²) in [4.78, 5) is 20.5. The van der Waals surface area contributed by atoms with Crippen molar-refractivity contribution >= 4 is 12.3 Å². The fraction of sp³-hybridized carbons (Fsp3) is 0.800. The number of aldehydes is 1. The quantitative estimate of drug-likeness (QED) is 0.280. The van der Waals surface area contributed by atoms with Crippen LogP contribution in [0.3, 0.4) is 0 Å². The highest BCUT2D eigenvalue weighted by molar-refractivity contribution is 5.69. The molecule has 0 aromatic rings. The van der Waals surface area contributed by atoms with E-state index in [1.54, 1.807) is 0 Å². The Morgan fingerprint density at radius 2 is 1.56 bits per heavy atom. The molecule has 0 aromatic heterocycles. The summed E-state index contributed by atoms with van der Waals surface area (Å²) in [6.07, 6.45) is 0.939. The van der Waals surface area contributed by atoms with E-state index in [0.29, 0.717) is 39.3 Å². The summed E-state index contributed by atoms with van der Waals surface area (Å²) in [5.74, 6) is -0.289. The van der Waals surface area contributed by atoms with Crippen molar-refractivity contribution in [3.63, 3.8) is 0 Å². The highest BCUT2D eigenvalue weighted by Crippen LogP contribution is 1.86. The Kier molecular flexibility index (Phi) is 11.4. The van der Waals surface area contributed by atoms with Gasteiger partial charge in [0.2, 0.25) is 0 Å². The molecule has 0 unspecified atom stereocenters. The van der Waals surface area contributed by atoms with E-state index in [1.165, 1.54) is 7.11 Å². The Bertz CT molecular complexity index is 182. The summed E-state index contributed by atoms with van der Waals surface area (Å²) >= 11 is 0. The van der Waals surface area contributed by atoms with Crippen molar-refractivity contribution in [3.05, 3.63) is 0 Å². The lowest BCUT2D eigenvalue weighted by Crippen LogP contribution is -2.12. The molecule has 0 N–H and O–H groups in total. The van der Waals surface area contributed by atoms with Crippen molar-refractivity contribution in [1.82, 2.24) is 0 Å². The van der Waals surface area contributed by atoms with Gasteiger partial charge >= 0.3 is 5.97 Å². The molecule has 0 aliphatic rings. The van der Waals surface area contributed by atoms with Gasteiger partial charge in [-0.25, -0.2) is 0 Å². The van der Waals surface area contributed by atoms with Gasteiger partial charge in [0, 0.05) is 0 Å². The molecule has 0 aliphatic heterocycles. The molecule has 0 amide bonds. The average molecular weight is 234 g/mol. The summed E-state index contributed by atoms with van der Waals surface area (Å²) in [6, 6.07) is 0. The standard InChI is InChI=1S/C10H18O6/c1-13-10(12)2-4-14-6-8-16-9-7-15-5-3-11/h3H,2,4-9H2,1H3. The van der Waals surface area contributed by atoms with Crippen molar-refractivity contribution in [1.29, 1.82) is 0 Å². The molecule has 0 atom stereocenters. The molecule has 6 nitrogen and oxygen atoms in total. The van der Waals surface area contributed by atoms with Gasteiger partial charge in [-0.15, -0.1) is 0 Å². The molecule has 0 bridgehead atoms. The zero-order valence-electron chi connectivity index (χ0n) is 9.48. The molecule has 94 valence electrons. The second-order valence-electron chi connectivity index (χ2n) is 2.79. The van der Waals surface area contributed by atoms with E-state index in [9.17, 15) is 9.59 Å². The van der Waals surface area contributed by atoms with Crippen LogP contribution in [0.2, 0.25) is 0 Å². The lowest BCUT2D eigenvalue weighted by molar-refractivity contribution is -0.142. The van der Waals surface area contributed by atoms with E-state index in [-0.39, 0.29) is 19.0 Å². The van der Waals surface area contributed by atoms with E-state index in [1.807, 2.05) is 0 Å². The summed E-state index contributed by atoms with van der Waals surface area (Å²) < 4.78 is 19.5. The summed E-state index contributed by atoms with van der Waals surface area (Å²) in [5.41, 5.74) is 0. The van der Waals surface area contributed by atoms with Gasteiger partial charge < -0.3 is 23.7 Å². The third-order valence-corrected chi connectivity index (χ3v) is 1.61. The molecule has 0 saturated carbocycles. The molecule has 0 radical (unpaired) electrons. The normalized spacial score (nSPS) is 10.1. The fourth-order valence-electron chi connectivity index (χ4n) is 0.829. The second kappa shape index (κ2) is 12.1. The SMILES string of the molecule is COC(=O)CCOCCOCCOCC=O. The molecule has 0 aliphatic carbocycles. The summed E-state index contributed by atoms with van der Waals surface area (Å²) in [7, 11) is 1.34. The molecular weight excluding hydrogens is 216 g/mol. The maximum absolute atomic E-state index is 10.7. The van der Waals surface area contributed by atoms with Crippen LogP contribution in [0, 0.1) is 0 Å². The van der Waals surface area contributed by atoms with Gasteiger partial charge in [0.15, 0.2) is 0 Å². The predicted molar refractivity (Wildman–Crippen MR) is 55.2 cm³/mol. The Hall–Kier alpha value is -0.980. The maximum Gasteiger partial charge on any atom is 0.307 e. The van der Waals surface area contributed by atoms with Crippen LogP contribution in [0.4, 0.5) is 0 Å². The number of hydrogen-bond acceptors (Lipinski definition) is 6.